The number of pyridine rings is 1. The van der Waals surface area contributed by atoms with Crippen LogP contribution >= 0.6 is 11.8 Å². The van der Waals surface area contributed by atoms with Crippen LogP contribution in [0.2, 0.25) is 0 Å². The molecule has 1 aliphatic rings. The van der Waals surface area contributed by atoms with E-state index in [9.17, 15) is 0 Å². The summed E-state index contributed by atoms with van der Waals surface area (Å²) in [4.78, 5) is 4.54. The fourth-order valence-electron chi connectivity index (χ4n) is 2.44. The second-order valence-electron chi connectivity index (χ2n) is 5.05. The van der Waals surface area contributed by atoms with E-state index in [0.717, 1.165) is 10.8 Å². The predicted molar refractivity (Wildman–Crippen MR) is 74.3 cm³/mol. The number of rotatable bonds is 3. The summed E-state index contributed by atoms with van der Waals surface area (Å²) in [5, 5.41) is 1.94. The van der Waals surface area contributed by atoms with Crippen LogP contribution in [0.3, 0.4) is 0 Å². The Kier molecular flexibility index (Phi) is 4.46. The van der Waals surface area contributed by atoms with Crippen molar-refractivity contribution in [3.8, 4) is 0 Å². The number of nitrogens with zero attached hydrogens (tertiary/aromatic N) is 1. The smallest absolute Gasteiger partial charge is 0.0965 e. The van der Waals surface area contributed by atoms with E-state index in [-0.39, 0.29) is 6.04 Å². The second-order valence-corrected chi connectivity index (χ2v) is 6.37. The van der Waals surface area contributed by atoms with Crippen molar-refractivity contribution in [3.63, 3.8) is 0 Å². The van der Waals surface area contributed by atoms with Gasteiger partial charge in [-0.2, -0.15) is 0 Å². The van der Waals surface area contributed by atoms with Crippen molar-refractivity contribution in [1.29, 1.82) is 0 Å². The Morgan fingerprint density at radius 2 is 2.06 bits per heavy atom. The molecule has 1 heterocycles. The van der Waals surface area contributed by atoms with Crippen molar-refractivity contribution in [2.75, 3.05) is 0 Å². The molecule has 0 radical (unpaired) electrons. The van der Waals surface area contributed by atoms with E-state index in [1.54, 1.807) is 0 Å². The summed E-state index contributed by atoms with van der Waals surface area (Å²) < 4.78 is 0. The van der Waals surface area contributed by atoms with Crippen LogP contribution in [0.25, 0.3) is 0 Å². The largest absolute Gasteiger partial charge is 0.324 e. The van der Waals surface area contributed by atoms with E-state index in [0.29, 0.717) is 0 Å². The maximum absolute atomic E-state index is 5.90. The molecule has 0 bridgehead atoms. The van der Waals surface area contributed by atoms with E-state index in [4.69, 9.17) is 5.73 Å². The van der Waals surface area contributed by atoms with Gasteiger partial charge in [0.1, 0.15) is 0 Å². The lowest BCUT2D eigenvalue weighted by molar-refractivity contribution is 0.515. The molecule has 0 aliphatic heterocycles. The average molecular weight is 250 g/mol. The molecule has 1 saturated carbocycles. The van der Waals surface area contributed by atoms with Crippen molar-refractivity contribution in [2.45, 2.75) is 62.3 Å². The molecule has 1 aromatic rings. The summed E-state index contributed by atoms with van der Waals surface area (Å²) >= 11 is 1.95. The zero-order chi connectivity index (χ0) is 12.3. The topological polar surface area (TPSA) is 38.9 Å². The van der Waals surface area contributed by atoms with Gasteiger partial charge in [0.2, 0.25) is 0 Å². The van der Waals surface area contributed by atoms with Crippen LogP contribution in [0, 0.1) is 6.92 Å². The van der Waals surface area contributed by atoms with Crippen LogP contribution in [-0.2, 0) is 0 Å². The fourth-order valence-corrected chi connectivity index (χ4v) is 3.70. The molecule has 2 rings (SSSR count). The van der Waals surface area contributed by atoms with E-state index >= 15 is 0 Å². The highest BCUT2D eigenvalue weighted by atomic mass is 32.2. The molecule has 0 saturated heterocycles. The normalized spacial score (nSPS) is 19.2. The first-order valence-electron chi connectivity index (χ1n) is 6.55. The quantitative estimate of drug-likeness (QED) is 0.886. The van der Waals surface area contributed by atoms with Crippen LogP contribution in [0.15, 0.2) is 17.3 Å². The Bertz CT molecular complexity index is 370. The van der Waals surface area contributed by atoms with Gasteiger partial charge in [0.25, 0.3) is 0 Å². The Labute approximate surface area is 108 Å². The molecule has 94 valence electrons. The fraction of sp³-hybridized carbons (Fsp3) is 0.643. The van der Waals surface area contributed by atoms with E-state index in [2.05, 4.69) is 18.0 Å². The van der Waals surface area contributed by atoms with Gasteiger partial charge in [-0.3, -0.25) is 0 Å². The number of aromatic nitrogens is 1. The molecule has 1 fully saturated rings. The first-order chi connectivity index (χ1) is 8.16. The van der Waals surface area contributed by atoms with Crippen molar-refractivity contribution in [1.82, 2.24) is 4.98 Å². The lowest BCUT2D eigenvalue weighted by Gasteiger charge is -2.21. The van der Waals surface area contributed by atoms with Crippen molar-refractivity contribution in [3.05, 3.63) is 23.4 Å². The third-order valence-electron chi connectivity index (χ3n) is 3.46. The molecule has 0 amide bonds. The summed E-state index contributed by atoms with van der Waals surface area (Å²) in [5.41, 5.74) is 8.34. The van der Waals surface area contributed by atoms with Crippen LogP contribution in [0.4, 0.5) is 0 Å². The van der Waals surface area contributed by atoms with Crippen molar-refractivity contribution in [2.24, 2.45) is 5.73 Å². The zero-order valence-electron chi connectivity index (χ0n) is 10.8. The maximum atomic E-state index is 5.90. The maximum Gasteiger partial charge on any atom is 0.0965 e. The summed E-state index contributed by atoms with van der Waals surface area (Å²) in [6.07, 6.45) is 8.82. The Morgan fingerprint density at radius 1 is 1.35 bits per heavy atom. The summed E-state index contributed by atoms with van der Waals surface area (Å²) in [6.45, 7) is 4.14. The molecule has 3 heteroatoms. The molecule has 0 spiro atoms. The Morgan fingerprint density at radius 3 is 2.65 bits per heavy atom. The van der Waals surface area contributed by atoms with E-state index in [1.807, 2.05) is 24.9 Å². The average Bonchev–Trinajstić information content (AvgIpc) is 2.30. The van der Waals surface area contributed by atoms with Gasteiger partial charge in [0.15, 0.2) is 0 Å². The van der Waals surface area contributed by atoms with Gasteiger partial charge < -0.3 is 5.73 Å². The first kappa shape index (κ1) is 12.9. The van der Waals surface area contributed by atoms with Gasteiger partial charge in [0, 0.05) is 17.5 Å². The minimum atomic E-state index is 0.0798. The van der Waals surface area contributed by atoms with Crippen molar-refractivity contribution >= 4 is 11.8 Å². The van der Waals surface area contributed by atoms with Crippen LogP contribution in [-0.4, -0.2) is 10.2 Å². The van der Waals surface area contributed by atoms with E-state index in [1.165, 1.54) is 42.7 Å². The molecule has 1 aliphatic carbocycles. The molecular formula is C14H22N2S. The highest BCUT2D eigenvalue weighted by molar-refractivity contribution is 7.99. The second kappa shape index (κ2) is 5.87. The summed E-state index contributed by atoms with van der Waals surface area (Å²) in [7, 11) is 0. The highest BCUT2D eigenvalue weighted by Gasteiger charge is 2.15. The lowest BCUT2D eigenvalue weighted by atomic mass is 10.0. The number of hydrogen-bond donors (Lipinski definition) is 1. The summed E-state index contributed by atoms with van der Waals surface area (Å²) in [5.74, 6) is 0. The van der Waals surface area contributed by atoms with Gasteiger partial charge in [0.05, 0.1) is 5.03 Å². The Balaban J connectivity index is 2.04. The van der Waals surface area contributed by atoms with Crippen LogP contribution < -0.4 is 5.73 Å². The first-order valence-corrected chi connectivity index (χ1v) is 7.43. The SMILES string of the molecule is Cc1cc(SC2CCCCC2)ncc1C(C)N. The van der Waals surface area contributed by atoms with E-state index < -0.39 is 0 Å². The molecular weight excluding hydrogens is 228 g/mol. The zero-order valence-corrected chi connectivity index (χ0v) is 11.6. The molecule has 1 aromatic heterocycles. The molecule has 2 nitrogen and oxygen atoms in total. The number of hydrogen-bond acceptors (Lipinski definition) is 3. The van der Waals surface area contributed by atoms with Crippen molar-refractivity contribution < 1.29 is 0 Å². The highest BCUT2D eigenvalue weighted by Crippen LogP contribution is 2.33. The van der Waals surface area contributed by atoms with Crippen LogP contribution in [0.1, 0.15) is 56.2 Å². The predicted octanol–water partition coefficient (Wildman–Crippen LogP) is 3.83. The monoisotopic (exact) mass is 250 g/mol. The number of nitrogens with two attached hydrogens (primary N) is 1. The van der Waals surface area contributed by atoms with Gasteiger partial charge >= 0.3 is 0 Å². The van der Waals surface area contributed by atoms with Gasteiger partial charge in [-0.25, -0.2) is 4.98 Å². The van der Waals surface area contributed by atoms with Gasteiger partial charge in [-0.15, -0.1) is 11.8 Å². The Hall–Kier alpha value is -0.540. The number of aryl methyl sites for hydroxylation is 1. The number of thioether (sulfide) groups is 1. The minimum Gasteiger partial charge on any atom is -0.324 e. The molecule has 1 atom stereocenters. The molecule has 1 unspecified atom stereocenters. The molecule has 0 aromatic carbocycles. The molecule has 17 heavy (non-hydrogen) atoms. The third-order valence-corrected chi connectivity index (χ3v) is 4.73. The standard InChI is InChI=1S/C14H22N2S/c1-10-8-14(16-9-13(10)11(2)15)17-12-6-4-3-5-7-12/h8-9,11-12H,3-7,15H2,1-2H3. The lowest BCUT2D eigenvalue weighted by Crippen LogP contribution is -2.10. The van der Waals surface area contributed by atoms with Gasteiger partial charge in [-0.05, 0) is 43.9 Å². The molecule has 2 N–H and O–H groups in total. The minimum absolute atomic E-state index is 0.0798. The summed E-state index contributed by atoms with van der Waals surface area (Å²) in [6, 6.07) is 2.27. The van der Waals surface area contributed by atoms with Gasteiger partial charge in [-0.1, -0.05) is 19.3 Å². The third kappa shape index (κ3) is 3.46. The van der Waals surface area contributed by atoms with Crippen LogP contribution in [0.5, 0.6) is 0 Å².